The van der Waals surface area contributed by atoms with Gasteiger partial charge in [0.25, 0.3) is 0 Å². The number of benzene rings is 2. The molecule has 118 valence electrons. The van der Waals surface area contributed by atoms with E-state index in [4.69, 9.17) is 23.2 Å². The topological polar surface area (TPSA) is 43.6 Å². The summed E-state index contributed by atoms with van der Waals surface area (Å²) in [6.45, 7) is 0. The zero-order valence-electron chi connectivity index (χ0n) is 11.9. The van der Waals surface area contributed by atoms with Gasteiger partial charge in [0.1, 0.15) is 0 Å². The molecule has 0 unspecified atom stereocenters. The molecule has 0 bridgehead atoms. The van der Waals surface area contributed by atoms with Crippen molar-refractivity contribution in [3.8, 4) is 5.69 Å². The van der Waals surface area contributed by atoms with Gasteiger partial charge in [-0.3, -0.25) is 0 Å². The van der Waals surface area contributed by atoms with Crippen LogP contribution in [0.1, 0.15) is 0 Å². The van der Waals surface area contributed by atoms with Gasteiger partial charge < -0.3 is 0 Å². The van der Waals surface area contributed by atoms with E-state index in [9.17, 15) is 0 Å². The van der Waals surface area contributed by atoms with E-state index in [1.54, 1.807) is 28.2 Å². The molecule has 0 amide bonds. The fourth-order valence-corrected chi connectivity index (χ4v) is 3.86. The van der Waals surface area contributed by atoms with Gasteiger partial charge in [-0.25, -0.2) is 0 Å². The van der Waals surface area contributed by atoms with E-state index >= 15 is 0 Å². The fraction of sp³-hybridized carbons (Fsp3) is 0.133. The number of tetrazole rings is 1. The van der Waals surface area contributed by atoms with Gasteiger partial charge in [-0.05, 0) is 59.0 Å². The summed E-state index contributed by atoms with van der Waals surface area (Å²) in [5.41, 5.74) is 0.896. The first-order chi connectivity index (χ1) is 11.2. The number of halogens is 2. The van der Waals surface area contributed by atoms with Gasteiger partial charge >= 0.3 is 0 Å². The summed E-state index contributed by atoms with van der Waals surface area (Å²) in [4.78, 5) is 1.20. The molecular weight excluding hydrogens is 371 g/mol. The third-order valence-corrected chi connectivity index (χ3v) is 5.61. The van der Waals surface area contributed by atoms with Crippen LogP contribution in [0.25, 0.3) is 5.69 Å². The fourth-order valence-electron chi connectivity index (χ4n) is 1.84. The molecule has 8 heteroatoms. The van der Waals surface area contributed by atoms with E-state index in [2.05, 4.69) is 15.5 Å². The van der Waals surface area contributed by atoms with Crippen LogP contribution in [0.15, 0.2) is 58.6 Å². The van der Waals surface area contributed by atoms with Crippen LogP contribution in [0, 0.1) is 0 Å². The highest BCUT2D eigenvalue weighted by molar-refractivity contribution is 8.02. The maximum absolute atomic E-state index is 5.91. The number of hydrogen-bond donors (Lipinski definition) is 0. The lowest BCUT2D eigenvalue weighted by Gasteiger charge is -2.04. The Balaban J connectivity index is 1.56. The first-order valence-corrected chi connectivity index (χ1v) is 9.50. The van der Waals surface area contributed by atoms with Crippen LogP contribution < -0.4 is 0 Å². The molecule has 4 nitrogen and oxygen atoms in total. The molecule has 1 heterocycles. The second-order valence-electron chi connectivity index (χ2n) is 4.50. The average Bonchev–Trinajstić information content (AvgIpc) is 3.02. The highest BCUT2D eigenvalue weighted by Gasteiger charge is 2.08. The lowest BCUT2D eigenvalue weighted by atomic mass is 10.3. The molecule has 0 spiro atoms. The molecule has 0 N–H and O–H groups in total. The molecule has 0 aliphatic carbocycles. The SMILES string of the molecule is Clc1ccc(SCCSc2nnnn2-c2ccc(Cl)cc2)cc1. The van der Waals surface area contributed by atoms with Crippen molar-refractivity contribution in [1.29, 1.82) is 0 Å². The van der Waals surface area contributed by atoms with E-state index in [1.807, 2.05) is 48.5 Å². The molecule has 0 aliphatic rings. The highest BCUT2D eigenvalue weighted by atomic mass is 35.5. The second kappa shape index (κ2) is 8.06. The molecule has 0 saturated carbocycles. The van der Waals surface area contributed by atoms with Crippen molar-refractivity contribution in [2.24, 2.45) is 0 Å². The van der Waals surface area contributed by atoms with Crippen molar-refractivity contribution in [3.63, 3.8) is 0 Å². The van der Waals surface area contributed by atoms with Gasteiger partial charge in [-0.1, -0.05) is 35.0 Å². The Bertz CT molecular complexity index is 760. The van der Waals surface area contributed by atoms with Crippen molar-refractivity contribution in [3.05, 3.63) is 58.6 Å². The normalized spacial score (nSPS) is 10.9. The van der Waals surface area contributed by atoms with E-state index in [1.165, 1.54) is 4.90 Å². The maximum Gasteiger partial charge on any atom is 0.214 e. The first kappa shape index (κ1) is 16.6. The van der Waals surface area contributed by atoms with E-state index in [0.717, 1.165) is 27.4 Å². The van der Waals surface area contributed by atoms with Gasteiger partial charge in [0.15, 0.2) is 0 Å². The Labute approximate surface area is 152 Å². The molecule has 0 radical (unpaired) electrons. The molecular formula is C15H12Cl2N4S2. The van der Waals surface area contributed by atoms with E-state index < -0.39 is 0 Å². The van der Waals surface area contributed by atoms with Crippen LogP contribution in [0.4, 0.5) is 0 Å². The number of hydrogen-bond acceptors (Lipinski definition) is 5. The Morgan fingerprint density at radius 2 is 1.43 bits per heavy atom. The third-order valence-electron chi connectivity index (χ3n) is 2.91. The van der Waals surface area contributed by atoms with Gasteiger partial charge in [-0.2, -0.15) is 4.68 Å². The van der Waals surface area contributed by atoms with Crippen LogP contribution in [0.3, 0.4) is 0 Å². The summed E-state index contributed by atoms with van der Waals surface area (Å²) >= 11 is 15.2. The Morgan fingerprint density at radius 3 is 2.13 bits per heavy atom. The smallest absolute Gasteiger partial charge is 0.188 e. The van der Waals surface area contributed by atoms with Crippen LogP contribution in [0.2, 0.25) is 10.0 Å². The molecule has 0 saturated heterocycles. The summed E-state index contributed by atoms with van der Waals surface area (Å²) in [6.07, 6.45) is 0. The number of nitrogens with zero attached hydrogens (tertiary/aromatic N) is 4. The van der Waals surface area contributed by atoms with Crippen molar-refractivity contribution in [2.45, 2.75) is 10.1 Å². The van der Waals surface area contributed by atoms with Crippen molar-refractivity contribution in [1.82, 2.24) is 20.2 Å². The van der Waals surface area contributed by atoms with Crippen LogP contribution in [0.5, 0.6) is 0 Å². The summed E-state index contributed by atoms with van der Waals surface area (Å²) in [5, 5.41) is 14.1. The quantitative estimate of drug-likeness (QED) is 0.450. The minimum Gasteiger partial charge on any atom is -0.188 e. The highest BCUT2D eigenvalue weighted by Crippen LogP contribution is 2.24. The van der Waals surface area contributed by atoms with E-state index in [0.29, 0.717) is 5.02 Å². The number of aromatic nitrogens is 4. The Morgan fingerprint density at radius 1 is 0.826 bits per heavy atom. The van der Waals surface area contributed by atoms with Crippen molar-refractivity contribution >= 4 is 46.7 Å². The number of rotatable bonds is 6. The van der Waals surface area contributed by atoms with Crippen molar-refractivity contribution < 1.29 is 0 Å². The van der Waals surface area contributed by atoms with E-state index in [-0.39, 0.29) is 0 Å². The summed E-state index contributed by atoms with van der Waals surface area (Å²) < 4.78 is 1.72. The molecule has 1 aromatic heterocycles. The van der Waals surface area contributed by atoms with Crippen LogP contribution in [-0.4, -0.2) is 31.7 Å². The zero-order chi connectivity index (χ0) is 16.1. The van der Waals surface area contributed by atoms with Gasteiger partial charge in [0.2, 0.25) is 5.16 Å². The lowest BCUT2D eigenvalue weighted by Crippen LogP contribution is -1.99. The first-order valence-electron chi connectivity index (χ1n) is 6.78. The molecule has 0 fully saturated rings. The minimum atomic E-state index is 0.690. The maximum atomic E-state index is 5.91. The minimum absolute atomic E-state index is 0.690. The lowest BCUT2D eigenvalue weighted by molar-refractivity contribution is 0.756. The Kier molecular flexibility index (Phi) is 5.83. The predicted molar refractivity (Wildman–Crippen MR) is 97.1 cm³/mol. The van der Waals surface area contributed by atoms with Gasteiger partial charge in [-0.15, -0.1) is 16.9 Å². The Hall–Kier alpha value is -1.21. The monoisotopic (exact) mass is 382 g/mol. The molecule has 23 heavy (non-hydrogen) atoms. The van der Waals surface area contributed by atoms with Gasteiger partial charge in [0.05, 0.1) is 5.69 Å². The van der Waals surface area contributed by atoms with Gasteiger partial charge in [0, 0.05) is 26.4 Å². The van der Waals surface area contributed by atoms with Crippen LogP contribution >= 0.6 is 46.7 Å². The second-order valence-corrected chi connectivity index (χ2v) is 7.60. The third kappa shape index (κ3) is 4.64. The van der Waals surface area contributed by atoms with Crippen LogP contribution in [-0.2, 0) is 0 Å². The number of thioether (sulfide) groups is 2. The standard InChI is InChI=1S/C15H12Cl2N4S2/c16-11-1-5-13(6-2-11)21-15(18-19-20-21)23-10-9-22-14-7-3-12(17)4-8-14/h1-8H,9-10H2. The summed E-state index contributed by atoms with van der Waals surface area (Å²) in [5.74, 6) is 1.86. The average molecular weight is 383 g/mol. The molecule has 0 atom stereocenters. The molecule has 3 aromatic rings. The molecule has 2 aromatic carbocycles. The predicted octanol–water partition coefficient (Wildman–Crippen LogP) is 4.85. The largest absolute Gasteiger partial charge is 0.214 e. The summed E-state index contributed by atoms with van der Waals surface area (Å²) in [7, 11) is 0. The summed E-state index contributed by atoms with van der Waals surface area (Å²) in [6, 6.07) is 15.3. The molecule has 0 aliphatic heterocycles. The zero-order valence-corrected chi connectivity index (χ0v) is 15.0. The molecule has 3 rings (SSSR count). The van der Waals surface area contributed by atoms with Crippen molar-refractivity contribution in [2.75, 3.05) is 11.5 Å².